The molecule has 0 spiro atoms. The molecule has 12 heavy (non-hydrogen) atoms. The van der Waals surface area contributed by atoms with E-state index in [2.05, 4.69) is 5.92 Å². The summed E-state index contributed by atoms with van der Waals surface area (Å²) in [5.74, 6) is 2.02. The van der Waals surface area contributed by atoms with Crippen LogP contribution in [0.4, 0.5) is 0 Å². The van der Waals surface area contributed by atoms with Crippen molar-refractivity contribution in [3.8, 4) is 12.3 Å². The highest BCUT2D eigenvalue weighted by atomic mass is 16.1. The minimum absolute atomic E-state index is 0.443. The molecule has 0 atom stereocenters. The summed E-state index contributed by atoms with van der Waals surface area (Å²) in [5.41, 5.74) is 5.54. The van der Waals surface area contributed by atoms with Gasteiger partial charge in [0, 0.05) is 6.07 Å². The normalized spacial score (nSPS) is 8.92. The first-order chi connectivity index (χ1) is 5.74. The maximum atomic E-state index is 10.7. The van der Waals surface area contributed by atoms with Crippen LogP contribution in [0.2, 0.25) is 0 Å². The van der Waals surface area contributed by atoms with Gasteiger partial charge in [-0.1, -0.05) is 0 Å². The standard InChI is InChI=1S/C9H8N2O/c1-2-5-11-6-3-4-8(7-11)9(10)12/h1,3-4,6-7H,5H2,(H-,10,12)/p+1. The molecule has 3 nitrogen and oxygen atoms in total. The number of carbonyl (C=O) groups is 1. The summed E-state index contributed by atoms with van der Waals surface area (Å²) in [6, 6.07) is 3.38. The van der Waals surface area contributed by atoms with Crippen LogP contribution in [0, 0.1) is 12.3 Å². The highest BCUT2D eigenvalue weighted by Gasteiger charge is 2.04. The summed E-state index contributed by atoms with van der Waals surface area (Å²) < 4.78 is 1.72. The van der Waals surface area contributed by atoms with Crippen molar-refractivity contribution < 1.29 is 9.36 Å². The van der Waals surface area contributed by atoms with Crippen molar-refractivity contribution >= 4 is 5.91 Å². The number of rotatable bonds is 2. The van der Waals surface area contributed by atoms with Gasteiger partial charge < -0.3 is 5.73 Å². The number of pyridine rings is 1. The van der Waals surface area contributed by atoms with Crippen molar-refractivity contribution in [3.63, 3.8) is 0 Å². The fourth-order valence-corrected chi connectivity index (χ4v) is 0.871. The van der Waals surface area contributed by atoms with Crippen LogP contribution in [0.3, 0.4) is 0 Å². The number of hydrogen-bond acceptors (Lipinski definition) is 1. The lowest BCUT2D eigenvalue weighted by Gasteiger charge is -1.92. The summed E-state index contributed by atoms with van der Waals surface area (Å²) in [5, 5.41) is 0. The van der Waals surface area contributed by atoms with Gasteiger partial charge in [-0.25, -0.2) is 0 Å². The summed E-state index contributed by atoms with van der Waals surface area (Å²) >= 11 is 0. The molecule has 1 amide bonds. The van der Waals surface area contributed by atoms with E-state index in [1.54, 1.807) is 29.1 Å². The van der Waals surface area contributed by atoms with Gasteiger partial charge in [-0.05, 0) is 12.0 Å². The molecular weight excluding hydrogens is 152 g/mol. The molecule has 1 aromatic rings. The summed E-state index contributed by atoms with van der Waals surface area (Å²) in [6.07, 6.45) is 8.51. The lowest BCUT2D eigenvalue weighted by Crippen LogP contribution is -2.33. The predicted molar refractivity (Wildman–Crippen MR) is 44.0 cm³/mol. The summed E-state index contributed by atoms with van der Waals surface area (Å²) in [6.45, 7) is 0.446. The van der Waals surface area contributed by atoms with Gasteiger partial charge in [-0.15, -0.1) is 6.42 Å². The third-order valence-electron chi connectivity index (χ3n) is 1.42. The van der Waals surface area contributed by atoms with E-state index in [1.165, 1.54) is 0 Å². The third-order valence-corrected chi connectivity index (χ3v) is 1.42. The van der Waals surface area contributed by atoms with Gasteiger partial charge in [0.05, 0.1) is 0 Å². The Morgan fingerprint density at radius 2 is 2.50 bits per heavy atom. The first kappa shape index (κ1) is 8.28. The summed E-state index contributed by atoms with van der Waals surface area (Å²) in [7, 11) is 0. The van der Waals surface area contributed by atoms with E-state index in [1.807, 2.05) is 0 Å². The second-order valence-electron chi connectivity index (χ2n) is 2.33. The van der Waals surface area contributed by atoms with E-state index >= 15 is 0 Å². The van der Waals surface area contributed by atoms with Gasteiger partial charge in [0.25, 0.3) is 5.91 Å². The molecule has 0 radical (unpaired) electrons. The Morgan fingerprint density at radius 1 is 1.75 bits per heavy atom. The van der Waals surface area contributed by atoms with Gasteiger partial charge in [0.2, 0.25) is 6.54 Å². The fourth-order valence-electron chi connectivity index (χ4n) is 0.871. The maximum Gasteiger partial charge on any atom is 0.254 e. The monoisotopic (exact) mass is 161 g/mol. The molecule has 1 aromatic heterocycles. The number of terminal acetylenes is 1. The zero-order chi connectivity index (χ0) is 8.97. The van der Waals surface area contributed by atoms with Crippen LogP contribution in [-0.4, -0.2) is 5.91 Å². The van der Waals surface area contributed by atoms with Crippen LogP contribution in [0.1, 0.15) is 10.4 Å². The first-order valence-corrected chi connectivity index (χ1v) is 3.46. The van der Waals surface area contributed by atoms with E-state index < -0.39 is 5.91 Å². The lowest BCUT2D eigenvalue weighted by molar-refractivity contribution is -0.684. The van der Waals surface area contributed by atoms with Crippen molar-refractivity contribution in [2.45, 2.75) is 6.54 Å². The molecular formula is C9H9N2O+. The molecule has 0 aliphatic carbocycles. The van der Waals surface area contributed by atoms with E-state index in [0.717, 1.165) is 0 Å². The second kappa shape index (κ2) is 3.54. The Morgan fingerprint density at radius 3 is 3.08 bits per heavy atom. The number of amides is 1. The fraction of sp³-hybridized carbons (Fsp3) is 0.111. The minimum Gasteiger partial charge on any atom is -0.365 e. The van der Waals surface area contributed by atoms with Crippen LogP contribution >= 0.6 is 0 Å². The molecule has 0 saturated heterocycles. The zero-order valence-electron chi connectivity index (χ0n) is 6.53. The maximum absolute atomic E-state index is 10.7. The average Bonchev–Trinajstić information content (AvgIpc) is 2.05. The molecule has 2 N–H and O–H groups in total. The van der Waals surface area contributed by atoms with Crippen LogP contribution in [0.5, 0.6) is 0 Å². The van der Waals surface area contributed by atoms with Gasteiger partial charge >= 0.3 is 0 Å². The minimum atomic E-state index is -0.443. The lowest BCUT2D eigenvalue weighted by atomic mass is 10.3. The Bertz CT molecular complexity index is 339. The van der Waals surface area contributed by atoms with Crippen LogP contribution in [0.25, 0.3) is 0 Å². The Kier molecular flexibility index (Phi) is 2.44. The number of nitrogens with two attached hydrogens (primary N) is 1. The van der Waals surface area contributed by atoms with Crippen LogP contribution in [-0.2, 0) is 6.54 Å². The summed E-state index contributed by atoms with van der Waals surface area (Å²) in [4.78, 5) is 10.7. The van der Waals surface area contributed by atoms with Crippen LogP contribution < -0.4 is 10.3 Å². The molecule has 0 aromatic carbocycles. The molecule has 0 aliphatic heterocycles. The van der Waals surface area contributed by atoms with E-state index in [0.29, 0.717) is 12.1 Å². The van der Waals surface area contributed by atoms with Crippen LogP contribution in [0.15, 0.2) is 24.5 Å². The highest BCUT2D eigenvalue weighted by molar-refractivity contribution is 5.92. The number of nitrogens with zero attached hydrogens (tertiary/aromatic N) is 1. The number of primary amides is 1. The number of hydrogen-bond donors (Lipinski definition) is 1. The molecule has 1 heterocycles. The Labute approximate surface area is 70.8 Å². The first-order valence-electron chi connectivity index (χ1n) is 3.46. The van der Waals surface area contributed by atoms with Gasteiger partial charge in [0.1, 0.15) is 5.56 Å². The SMILES string of the molecule is C#CC[n+]1cccc(C(N)=O)c1. The van der Waals surface area contributed by atoms with Crippen molar-refractivity contribution in [2.24, 2.45) is 5.73 Å². The van der Waals surface area contributed by atoms with E-state index in [9.17, 15) is 4.79 Å². The molecule has 0 bridgehead atoms. The third kappa shape index (κ3) is 1.83. The Balaban J connectivity index is 2.97. The van der Waals surface area contributed by atoms with Gasteiger partial charge in [-0.3, -0.25) is 4.79 Å². The average molecular weight is 161 g/mol. The molecule has 0 fully saturated rings. The smallest absolute Gasteiger partial charge is 0.254 e. The second-order valence-corrected chi connectivity index (χ2v) is 2.33. The largest absolute Gasteiger partial charge is 0.365 e. The quantitative estimate of drug-likeness (QED) is 0.470. The van der Waals surface area contributed by atoms with Crippen molar-refractivity contribution in [3.05, 3.63) is 30.1 Å². The van der Waals surface area contributed by atoms with E-state index in [-0.39, 0.29) is 0 Å². The molecule has 3 heteroatoms. The van der Waals surface area contributed by atoms with Crippen molar-refractivity contribution in [2.75, 3.05) is 0 Å². The molecule has 1 rings (SSSR count). The van der Waals surface area contributed by atoms with Crippen molar-refractivity contribution in [1.29, 1.82) is 0 Å². The highest BCUT2D eigenvalue weighted by Crippen LogP contribution is 1.91. The molecule has 0 saturated carbocycles. The van der Waals surface area contributed by atoms with Gasteiger partial charge in [-0.2, -0.15) is 4.57 Å². The number of aromatic nitrogens is 1. The molecule has 0 aliphatic rings. The molecule has 0 unspecified atom stereocenters. The van der Waals surface area contributed by atoms with Crippen molar-refractivity contribution in [1.82, 2.24) is 0 Å². The molecule has 60 valence electrons. The topological polar surface area (TPSA) is 47.0 Å². The van der Waals surface area contributed by atoms with E-state index in [4.69, 9.17) is 12.2 Å². The zero-order valence-corrected chi connectivity index (χ0v) is 6.53. The van der Waals surface area contributed by atoms with Gasteiger partial charge in [0.15, 0.2) is 12.4 Å². The Hall–Kier alpha value is -1.82. The predicted octanol–water partition coefficient (Wildman–Crippen LogP) is -0.294. The number of carbonyl (C=O) groups excluding carboxylic acids is 1.